The van der Waals surface area contributed by atoms with Crippen LogP contribution in [-0.4, -0.2) is 43.3 Å². The first kappa shape index (κ1) is 19.0. The summed E-state index contributed by atoms with van der Waals surface area (Å²) >= 11 is 0. The fourth-order valence-electron chi connectivity index (χ4n) is 2.36. The van der Waals surface area contributed by atoms with Gasteiger partial charge in [-0.1, -0.05) is 0 Å². The van der Waals surface area contributed by atoms with E-state index in [1.165, 1.54) is 18.0 Å². The molecule has 1 amide bonds. The molecule has 3 heterocycles. The molecule has 28 heavy (non-hydrogen) atoms. The maximum Gasteiger partial charge on any atom is 0.291 e. The summed E-state index contributed by atoms with van der Waals surface area (Å²) in [6.45, 7) is 5.62. The third-order valence-electron chi connectivity index (χ3n) is 3.59. The molecular formula is C19H19N7O2. The second-order valence-corrected chi connectivity index (χ2v) is 6.98. The van der Waals surface area contributed by atoms with Crippen LogP contribution in [0.2, 0.25) is 0 Å². The SMILES string of the molecule is COc1ccc(-n2nc(C(=O)NC(C)(C)C)nc2-c2ccc(C#N)cn2)cn1. The highest BCUT2D eigenvalue weighted by Crippen LogP contribution is 2.21. The van der Waals surface area contributed by atoms with E-state index in [0.717, 1.165) is 0 Å². The van der Waals surface area contributed by atoms with Gasteiger partial charge >= 0.3 is 0 Å². The lowest BCUT2D eigenvalue weighted by molar-refractivity contribution is 0.0909. The number of methoxy groups -OCH3 is 1. The number of nitrogens with one attached hydrogen (secondary N) is 1. The van der Waals surface area contributed by atoms with Gasteiger partial charge in [-0.15, -0.1) is 5.10 Å². The first-order valence-electron chi connectivity index (χ1n) is 8.47. The molecule has 0 aliphatic carbocycles. The molecule has 0 atom stereocenters. The van der Waals surface area contributed by atoms with E-state index in [1.54, 1.807) is 30.5 Å². The van der Waals surface area contributed by atoms with Crippen molar-refractivity contribution in [3.63, 3.8) is 0 Å². The van der Waals surface area contributed by atoms with Gasteiger partial charge < -0.3 is 10.1 Å². The molecule has 9 heteroatoms. The van der Waals surface area contributed by atoms with Crippen LogP contribution in [0.4, 0.5) is 0 Å². The summed E-state index contributed by atoms with van der Waals surface area (Å²) in [5.41, 5.74) is 1.05. The monoisotopic (exact) mass is 377 g/mol. The molecule has 3 aromatic heterocycles. The minimum atomic E-state index is -0.433. The Balaban J connectivity index is 2.09. The maximum atomic E-state index is 12.5. The van der Waals surface area contributed by atoms with Gasteiger partial charge in [0.2, 0.25) is 11.7 Å². The van der Waals surface area contributed by atoms with Gasteiger partial charge in [-0.2, -0.15) is 5.26 Å². The molecule has 1 N–H and O–H groups in total. The number of aromatic nitrogens is 5. The molecule has 3 aromatic rings. The zero-order chi connectivity index (χ0) is 20.3. The van der Waals surface area contributed by atoms with Crippen molar-refractivity contribution in [1.29, 1.82) is 5.26 Å². The normalized spacial score (nSPS) is 11.0. The summed E-state index contributed by atoms with van der Waals surface area (Å²) in [5.74, 6) is 0.414. The van der Waals surface area contributed by atoms with E-state index >= 15 is 0 Å². The van der Waals surface area contributed by atoms with Gasteiger partial charge in [-0.25, -0.2) is 14.6 Å². The Kier molecular flexibility index (Phi) is 5.04. The molecule has 0 fully saturated rings. The first-order chi connectivity index (χ1) is 13.3. The Labute approximate surface area is 162 Å². The molecule has 0 spiro atoms. The highest BCUT2D eigenvalue weighted by atomic mass is 16.5. The van der Waals surface area contributed by atoms with Crippen molar-refractivity contribution in [1.82, 2.24) is 30.0 Å². The molecule has 0 aliphatic heterocycles. The molecule has 0 aromatic carbocycles. The van der Waals surface area contributed by atoms with Gasteiger partial charge in [-0.05, 0) is 39.0 Å². The topological polar surface area (TPSA) is 119 Å². The Morgan fingerprint density at radius 3 is 2.50 bits per heavy atom. The number of ether oxygens (including phenoxy) is 1. The Morgan fingerprint density at radius 2 is 1.96 bits per heavy atom. The van der Waals surface area contributed by atoms with E-state index in [-0.39, 0.29) is 5.82 Å². The number of nitriles is 1. The molecule has 0 radical (unpaired) electrons. The van der Waals surface area contributed by atoms with Crippen LogP contribution in [0.1, 0.15) is 37.0 Å². The summed E-state index contributed by atoms with van der Waals surface area (Å²) in [6, 6.07) is 8.73. The largest absolute Gasteiger partial charge is 0.481 e. The number of carbonyl (C=O) groups is 1. The standard InChI is InChI=1S/C19H19N7O2/c1-19(2,3)24-18(27)16-23-17(14-7-5-12(9-20)10-21-14)26(25-16)13-6-8-15(28-4)22-11-13/h5-8,10-11H,1-4H3,(H,24,27). The lowest BCUT2D eigenvalue weighted by atomic mass is 10.1. The van der Waals surface area contributed by atoms with Crippen LogP contribution in [0.25, 0.3) is 17.2 Å². The molecule has 0 saturated carbocycles. The maximum absolute atomic E-state index is 12.5. The number of hydrogen-bond acceptors (Lipinski definition) is 7. The van der Waals surface area contributed by atoms with Crippen molar-refractivity contribution >= 4 is 5.91 Å². The van der Waals surface area contributed by atoms with E-state index in [4.69, 9.17) is 10.00 Å². The van der Waals surface area contributed by atoms with Crippen molar-refractivity contribution < 1.29 is 9.53 Å². The lowest BCUT2D eigenvalue weighted by Crippen LogP contribution is -2.41. The molecule has 142 valence electrons. The van der Waals surface area contributed by atoms with Crippen molar-refractivity contribution in [3.8, 4) is 29.2 Å². The van der Waals surface area contributed by atoms with Crippen LogP contribution in [0, 0.1) is 11.3 Å². The number of pyridine rings is 2. The van der Waals surface area contributed by atoms with Crippen LogP contribution < -0.4 is 10.1 Å². The van der Waals surface area contributed by atoms with Gasteiger partial charge in [0, 0.05) is 17.8 Å². The number of amides is 1. The molecular weight excluding hydrogens is 358 g/mol. The number of hydrogen-bond donors (Lipinski definition) is 1. The minimum absolute atomic E-state index is 0.00639. The third-order valence-corrected chi connectivity index (χ3v) is 3.59. The van der Waals surface area contributed by atoms with E-state index in [1.807, 2.05) is 26.8 Å². The Morgan fingerprint density at radius 1 is 1.18 bits per heavy atom. The molecule has 3 rings (SSSR count). The van der Waals surface area contributed by atoms with Gasteiger partial charge in [0.25, 0.3) is 5.91 Å². The van der Waals surface area contributed by atoms with Gasteiger partial charge in [0.05, 0.1) is 24.6 Å². The van der Waals surface area contributed by atoms with Gasteiger partial charge in [0.15, 0.2) is 5.82 Å². The second-order valence-electron chi connectivity index (χ2n) is 6.98. The van der Waals surface area contributed by atoms with Gasteiger partial charge in [-0.3, -0.25) is 9.78 Å². The van der Waals surface area contributed by atoms with Crippen LogP contribution >= 0.6 is 0 Å². The van der Waals surface area contributed by atoms with Crippen molar-refractivity contribution in [2.75, 3.05) is 7.11 Å². The predicted octanol–water partition coefficient (Wildman–Crippen LogP) is 2.13. The fraction of sp³-hybridized carbons (Fsp3) is 0.263. The van der Waals surface area contributed by atoms with E-state index in [9.17, 15) is 4.79 Å². The molecule has 9 nitrogen and oxygen atoms in total. The minimum Gasteiger partial charge on any atom is -0.481 e. The lowest BCUT2D eigenvalue weighted by Gasteiger charge is -2.18. The third kappa shape index (κ3) is 4.12. The number of carbonyl (C=O) groups excluding carboxylic acids is 1. The Bertz CT molecular complexity index is 1030. The molecule has 0 aliphatic rings. The summed E-state index contributed by atoms with van der Waals surface area (Å²) in [6.07, 6.45) is 3.00. The van der Waals surface area contributed by atoms with Crippen LogP contribution in [0.3, 0.4) is 0 Å². The van der Waals surface area contributed by atoms with Crippen LogP contribution in [0.15, 0.2) is 36.7 Å². The molecule has 0 bridgehead atoms. The number of nitrogens with zero attached hydrogens (tertiary/aromatic N) is 6. The highest BCUT2D eigenvalue weighted by Gasteiger charge is 2.23. The quantitative estimate of drug-likeness (QED) is 0.740. The van der Waals surface area contributed by atoms with Crippen molar-refractivity contribution in [3.05, 3.63) is 48.0 Å². The van der Waals surface area contributed by atoms with E-state index in [0.29, 0.717) is 28.6 Å². The van der Waals surface area contributed by atoms with Crippen molar-refractivity contribution in [2.45, 2.75) is 26.3 Å². The first-order valence-corrected chi connectivity index (χ1v) is 8.47. The Hall–Kier alpha value is -3.80. The van der Waals surface area contributed by atoms with Crippen molar-refractivity contribution in [2.24, 2.45) is 0 Å². The predicted molar refractivity (Wildman–Crippen MR) is 101 cm³/mol. The zero-order valence-corrected chi connectivity index (χ0v) is 16.0. The van der Waals surface area contributed by atoms with Crippen LogP contribution in [-0.2, 0) is 0 Å². The highest BCUT2D eigenvalue weighted by molar-refractivity contribution is 5.91. The smallest absolute Gasteiger partial charge is 0.291 e. The summed E-state index contributed by atoms with van der Waals surface area (Å²) in [5, 5.41) is 16.2. The zero-order valence-electron chi connectivity index (χ0n) is 16.0. The summed E-state index contributed by atoms with van der Waals surface area (Å²) < 4.78 is 6.56. The van der Waals surface area contributed by atoms with E-state index in [2.05, 4.69) is 25.4 Å². The fourth-order valence-corrected chi connectivity index (χ4v) is 2.36. The van der Waals surface area contributed by atoms with Gasteiger partial charge in [0.1, 0.15) is 11.8 Å². The molecule has 0 unspecified atom stereocenters. The second kappa shape index (κ2) is 7.44. The van der Waals surface area contributed by atoms with Crippen LogP contribution in [0.5, 0.6) is 5.88 Å². The molecule has 0 saturated heterocycles. The van der Waals surface area contributed by atoms with E-state index < -0.39 is 11.4 Å². The summed E-state index contributed by atoms with van der Waals surface area (Å²) in [4.78, 5) is 25.4. The number of rotatable bonds is 4. The average Bonchev–Trinajstić information content (AvgIpc) is 3.12. The summed E-state index contributed by atoms with van der Waals surface area (Å²) in [7, 11) is 1.53. The average molecular weight is 377 g/mol.